The zero-order chi connectivity index (χ0) is 14.4. The van der Waals surface area contributed by atoms with E-state index in [1.807, 2.05) is 19.2 Å². The SMILES string of the molecule is Cc1ccn2ncc(-c3nc(C4(N)CCCC4)no3)c2n1. The van der Waals surface area contributed by atoms with Crippen LogP contribution in [0.15, 0.2) is 23.0 Å². The van der Waals surface area contributed by atoms with Gasteiger partial charge in [0.1, 0.15) is 5.56 Å². The van der Waals surface area contributed by atoms with E-state index in [-0.39, 0.29) is 0 Å². The third-order valence-electron chi connectivity index (χ3n) is 4.11. The zero-order valence-electron chi connectivity index (χ0n) is 11.8. The van der Waals surface area contributed by atoms with E-state index in [9.17, 15) is 0 Å². The smallest absolute Gasteiger partial charge is 0.263 e. The van der Waals surface area contributed by atoms with Crippen LogP contribution >= 0.6 is 0 Å². The number of rotatable bonds is 2. The second-order valence-corrected chi connectivity index (χ2v) is 5.68. The van der Waals surface area contributed by atoms with Crippen molar-refractivity contribution in [1.29, 1.82) is 0 Å². The number of hydrogen-bond donors (Lipinski definition) is 1. The first kappa shape index (κ1) is 12.5. The van der Waals surface area contributed by atoms with Gasteiger partial charge in [0.25, 0.3) is 5.89 Å². The minimum atomic E-state index is -0.450. The Morgan fingerprint density at radius 3 is 2.90 bits per heavy atom. The van der Waals surface area contributed by atoms with Crippen molar-refractivity contribution in [3.8, 4) is 11.5 Å². The van der Waals surface area contributed by atoms with Crippen molar-refractivity contribution in [2.75, 3.05) is 0 Å². The topological polar surface area (TPSA) is 95.1 Å². The van der Waals surface area contributed by atoms with E-state index in [1.54, 1.807) is 10.7 Å². The van der Waals surface area contributed by atoms with E-state index in [0.29, 0.717) is 17.4 Å². The molecule has 4 rings (SSSR count). The van der Waals surface area contributed by atoms with Crippen LogP contribution in [0.5, 0.6) is 0 Å². The van der Waals surface area contributed by atoms with Crippen molar-refractivity contribution < 1.29 is 4.52 Å². The zero-order valence-corrected chi connectivity index (χ0v) is 11.8. The Morgan fingerprint density at radius 2 is 2.10 bits per heavy atom. The molecule has 0 aromatic carbocycles. The van der Waals surface area contributed by atoms with Crippen LogP contribution in [0.1, 0.15) is 37.2 Å². The molecule has 0 amide bonds. The maximum Gasteiger partial charge on any atom is 0.263 e. The Kier molecular flexibility index (Phi) is 2.58. The maximum atomic E-state index is 6.36. The van der Waals surface area contributed by atoms with Gasteiger partial charge in [-0.25, -0.2) is 9.50 Å². The normalized spacial score (nSPS) is 17.6. The number of nitrogens with two attached hydrogens (primary N) is 1. The third kappa shape index (κ3) is 1.92. The molecule has 0 aliphatic heterocycles. The fraction of sp³-hybridized carbons (Fsp3) is 0.429. The van der Waals surface area contributed by atoms with Crippen molar-refractivity contribution in [2.45, 2.75) is 38.1 Å². The molecule has 2 N–H and O–H groups in total. The van der Waals surface area contributed by atoms with Gasteiger partial charge in [0.15, 0.2) is 11.5 Å². The van der Waals surface area contributed by atoms with Gasteiger partial charge in [-0.15, -0.1) is 0 Å². The molecule has 0 bridgehead atoms. The number of nitrogens with zero attached hydrogens (tertiary/aromatic N) is 5. The van der Waals surface area contributed by atoms with Gasteiger partial charge in [-0.2, -0.15) is 10.1 Å². The third-order valence-corrected chi connectivity index (χ3v) is 4.11. The lowest BCUT2D eigenvalue weighted by Crippen LogP contribution is -2.34. The van der Waals surface area contributed by atoms with Gasteiger partial charge in [-0.3, -0.25) is 0 Å². The Bertz CT molecular complexity index is 799. The molecule has 7 heteroatoms. The second kappa shape index (κ2) is 4.36. The summed E-state index contributed by atoms with van der Waals surface area (Å²) in [4.78, 5) is 8.97. The highest BCUT2D eigenvalue weighted by atomic mass is 16.5. The fourth-order valence-electron chi connectivity index (χ4n) is 2.87. The summed E-state index contributed by atoms with van der Waals surface area (Å²) in [6, 6.07) is 1.90. The van der Waals surface area contributed by atoms with Crippen molar-refractivity contribution in [3.05, 3.63) is 30.0 Å². The number of fused-ring (bicyclic) bond motifs is 1. The highest BCUT2D eigenvalue weighted by Crippen LogP contribution is 2.35. The van der Waals surface area contributed by atoms with Crippen molar-refractivity contribution in [2.24, 2.45) is 5.73 Å². The lowest BCUT2D eigenvalue weighted by molar-refractivity contribution is 0.373. The van der Waals surface area contributed by atoms with Crippen LogP contribution in [0, 0.1) is 6.92 Å². The predicted octanol–water partition coefficient (Wildman–Crippen LogP) is 1.82. The molecule has 0 saturated heterocycles. The van der Waals surface area contributed by atoms with E-state index in [0.717, 1.165) is 36.9 Å². The van der Waals surface area contributed by atoms with E-state index < -0.39 is 5.54 Å². The first-order valence-corrected chi connectivity index (χ1v) is 7.10. The Morgan fingerprint density at radius 1 is 1.29 bits per heavy atom. The summed E-state index contributed by atoms with van der Waals surface area (Å²) >= 11 is 0. The summed E-state index contributed by atoms with van der Waals surface area (Å²) in [6.45, 7) is 1.93. The number of aryl methyl sites for hydroxylation is 1. The standard InChI is InChI=1S/C14H16N6O/c1-9-4-7-20-11(17-9)10(8-16-20)12-18-13(19-21-12)14(15)5-2-3-6-14/h4,7-8H,2-3,5-6,15H2,1H3. The van der Waals surface area contributed by atoms with E-state index in [1.165, 1.54) is 0 Å². The van der Waals surface area contributed by atoms with Gasteiger partial charge in [0.2, 0.25) is 0 Å². The summed E-state index contributed by atoms with van der Waals surface area (Å²) < 4.78 is 7.09. The summed E-state index contributed by atoms with van der Waals surface area (Å²) in [5.41, 5.74) is 8.27. The largest absolute Gasteiger partial charge is 0.334 e. The molecule has 3 heterocycles. The van der Waals surface area contributed by atoms with Gasteiger partial charge < -0.3 is 10.3 Å². The molecule has 108 valence electrons. The molecule has 21 heavy (non-hydrogen) atoms. The highest BCUT2D eigenvalue weighted by Gasteiger charge is 2.36. The van der Waals surface area contributed by atoms with Crippen LogP contribution in [0.4, 0.5) is 0 Å². The molecule has 1 aliphatic carbocycles. The van der Waals surface area contributed by atoms with Gasteiger partial charge in [-0.05, 0) is 25.8 Å². The summed E-state index contributed by atoms with van der Waals surface area (Å²) in [5.74, 6) is 1.01. The Labute approximate surface area is 121 Å². The quantitative estimate of drug-likeness (QED) is 0.771. The molecule has 0 spiro atoms. The molecule has 0 atom stereocenters. The predicted molar refractivity (Wildman–Crippen MR) is 75.3 cm³/mol. The average molecular weight is 284 g/mol. The van der Waals surface area contributed by atoms with Crippen LogP contribution in [-0.2, 0) is 5.54 Å². The first-order chi connectivity index (χ1) is 10.2. The number of hydrogen-bond acceptors (Lipinski definition) is 6. The summed E-state index contributed by atoms with van der Waals surface area (Å²) in [7, 11) is 0. The first-order valence-electron chi connectivity index (χ1n) is 7.10. The van der Waals surface area contributed by atoms with Crippen LogP contribution in [0.25, 0.3) is 17.1 Å². The van der Waals surface area contributed by atoms with E-state index in [2.05, 4.69) is 20.2 Å². The van der Waals surface area contributed by atoms with Crippen LogP contribution < -0.4 is 5.73 Å². The molecule has 7 nitrogen and oxygen atoms in total. The molecule has 3 aromatic heterocycles. The van der Waals surface area contributed by atoms with Gasteiger partial charge in [0.05, 0.1) is 11.7 Å². The maximum absolute atomic E-state index is 6.36. The monoisotopic (exact) mass is 284 g/mol. The molecular weight excluding hydrogens is 268 g/mol. The molecule has 1 fully saturated rings. The van der Waals surface area contributed by atoms with Crippen LogP contribution in [0.3, 0.4) is 0 Å². The van der Waals surface area contributed by atoms with Gasteiger partial charge in [-0.1, -0.05) is 18.0 Å². The molecular formula is C14H16N6O. The lowest BCUT2D eigenvalue weighted by Gasteiger charge is -2.17. The second-order valence-electron chi connectivity index (χ2n) is 5.68. The summed E-state index contributed by atoms with van der Waals surface area (Å²) in [5, 5.41) is 8.33. The summed E-state index contributed by atoms with van der Waals surface area (Å²) in [6.07, 6.45) is 7.57. The van der Waals surface area contributed by atoms with E-state index >= 15 is 0 Å². The number of aromatic nitrogens is 5. The van der Waals surface area contributed by atoms with Crippen molar-refractivity contribution in [1.82, 2.24) is 24.7 Å². The Hall–Kier alpha value is -2.28. The Balaban J connectivity index is 1.79. The molecule has 1 aliphatic rings. The minimum absolute atomic E-state index is 0.426. The molecule has 0 radical (unpaired) electrons. The van der Waals surface area contributed by atoms with Crippen LogP contribution in [-0.4, -0.2) is 24.7 Å². The highest BCUT2D eigenvalue weighted by molar-refractivity contribution is 5.70. The lowest BCUT2D eigenvalue weighted by atomic mass is 9.99. The fourth-order valence-corrected chi connectivity index (χ4v) is 2.87. The minimum Gasteiger partial charge on any atom is -0.334 e. The van der Waals surface area contributed by atoms with Crippen molar-refractivity contribution >= 4 is 5.65 Å². The van der Waals surface area contributed by atoms with Crippen molar-refractivity contribution in [3.63, 3.8) is 0 Å². The van der Waals surface area contributed by atoms with Gasteiger partial charge in [0, 0.05) is 11.9 Å². The van der Waals surface area contributed by atoms with Crippen LogP contribution in [0.2, 0.25) is 0 Å². The molecule has 3 aromatic rings. The molecule has 0 unspecified atom stereocenters. The average Bonchev–Trinajstić information content (AvgIpc) is 3.16. The molecule has 1 saturated carbocycles. The van der Waals surface area contributed by atoms with Gasteiger partial charge >= 0.3 is 0 Å². The van der Waals surface area contributed by atoms with E-state index in [4.69, 9.17) is 10.3 Å².